The number of rotatable bonds is 7. The van der Waals surface area contributed by atoms with Crippen LogP contribution in [0.15, 0.2) is 67.0 Å². The van der Waals surface area contributed by atoms with Crippen molar-refractivity contribution >= 4 is 17.5 Å². The van der Waals surface area contributed by atoms with Gasteiger partial charge < -0.3 is 9.88 Å². The van der Waals surface area contributed by atoms with E-state index >= 15 is 0 Å². The molecule has 0 spiro atoms. The van der Waals surface area contributed by atoms with E-state index in [1.54, 1.807) is 29.1 Å². The molecule has 1 aromatic heterocycles. The first-order valence-electron chi connectivity index (χ1n) is 11.4. The van der Waals surface area contributed by atoms with E-state index < -0.39 is 11.9 Å². The van der Waals surface area contributed by atoms with Gasteiger partial charge in [-0.2, -0.15) is 0 Å². The molecule has 1 fully saturated rings. The summed E-state index contributed by atoms with van der Waals surface area (Å²) in [7, 11) is 0. The minimum Gasteiger partial charge on any atom is -0.351 e. The highest BCUT2D eigenvalue weighted by molar-refractivity contribution is 6.01. The van der Waals surface area contributed by atoms with Gasteiger partial charge in [0.05, 0.1) is 0 Å². The van der Waals surface area contributed by atoms with Crippen molar-refractivity contribution < 1.29 is 14.0 Å². The molecule has 0 unspecified atom stereocenters. The fraction of sp³-hybridized carbons (Fsp3) is 0.346. The number of nitrogens with zero attached hydrogens (tertiary/aromatic N) is 3. The lowest BCUT2D eigenvalue weighted by Crippen LogP contribution is -2.48. The quantitative estimate of drug-likeness (QED) is 0.576. The molecule has 2 amide bonds. The van der Waals surface area contributed by atoms with Crippen molar-refractivity contribution in [3.63, 3.8) is 0 Å². The van der Waals surface area contributed by atoms with E-state index in [9.17, 15) is 14.0 Å². The number of amides is 2. The Bertz CT molecular complexity index is 1090. The molecule has 1 aliphatic carbocycles. The standard InChI is InChI=1S/C26H29FN4O2/c1-19-28-15-16-30(19)18-24(32)31(23-14-8-11-21(27)17-23)25(20-9-4-2-5-10-20)26(33)29-22-12-6-3-7-13-22/h2,4-5,8-11,14-17,22,25H,3,6-7,12-13,18H2,1H3,(H,29,33)/t25-/m0/s1. The van der Waals surface area contributed by atoms with Crippen LogP contribution in [0.3, 0.4) is 0 Å². The Hall–Kier alpha value is -3.48. The van der Waals surface area contributed by atoms with Gasteiger partial charge in [0, 0.05) is 24.1 Å². The molecule has 3 aromatic rings. The van der Waals surface area contributed by atoms with Gasteiger partial charge in [0.15, 0.2) is 0 Å². The Labute approximate surface area is 193 Å². The van der Waals surface area contributed by atoms with Crippen molar-refractivity contribution in [2.75, 3.05) is 4.90 Å². The van der Waals surface area contributed by atoms with Gasteiger partial charge in [-0.3, -0.25) is 14.5 Å². The van der Waals surface area contributed by atoms with Crippen LogP contribution in [0.1, 0.15) is 49.5 Å². The molecule has 2 aromatic carbocycles. The van der Waals surface area contributed by atoms with Crippen LogP contribution in [0.4, 0.5) is 10.1 Å². The van der Waals surface area contributed by atoms with Crippen LogP contribution in [0.2, 0.25) is 0 Å². The second-order valence-electron chi connectivity index (χ2n) is 8.50. The Kier molecular flexibility index (Phi) is 7.17. The summed E-state index contributed by atoms with van der Waals surface area (Å²) in [4.78, 5) is 32.9. The van der Waals surface area contributed by atoms with Gasteiger partial charge in [0.2, 0.25) is 11.8 Å². The number of hydrogen-bond acceptors (Lipinski definition) is 3. The maximum Gasteiger partial charge on any atom is 0.248 e. The fourth-order valence-corrected chi connectivity index (χ4v) is 4.44. The van der Waals surface area contributed by atoms with Crippen molar-refractivity contribution in [3.8, 4) is 0 Å². The Morgan fingerprint density at radius 2 is 1.88 bits per heavy atom. The first-order chi connectivity index (χ1) is 16.0. The summed E-state index contributed by atoms with van der Waals surface area (Å²) in [6, 6.07) is 14.2. The smallest absolute Gasteiger partial charge is 0.248 e. The molecule has 1 N–H and O–H groups in total. The van der Waals surface area contributed by atoms with Crippen LogP contribution in [0.25, 0.3) is 0 Å². The molecule has 1 heterocycles. The predicted molar refractivity (Wildman–Crippen MR) is 125 cm³/mol. The number of imidazole rings is 1. The summed E-state index contributed by atoms with van der Waals surface area (Å²) < 4.78 is 15.9. The molecule has 7 heteroatoms. The number of carbonyl (C=O) groups excluding carboxylic acids is 2. The molecule has 4 rings (SSSR count). The summed E-state index contributed by atoms with van der Waals surface area (Å²) in [6.45, 7) is 1.80. The van der Waals surface area contributed by atoms with Crippen LogP contribution in [-0.4, -0.2) is 27.4 Å². The van der Waals surface area contributed by atoms with Gasteiger partial charge in [-0.25, -0.2) is 9.37 Å². The van der Waals surface area contributed by atoms with Crippen LogP contribution in [0.5, 0.6) is 0 Å². The highest BCUT2D eigenvalue weighted by atomic mass is 19.1. The van der Waals surface area contributed by atoms with E-state index in [-0.39, 0.29) is 24.4 Å². The molecule has 1 aliphatic rings. The van der Waals surface area contributed by atoms with E-state index in [4.69, 9.17) is 0 Å². The number of aryl methyl sites for hydroxylation is 1. The normalized spacial score (nSPS) is 15.1. The molecule has 0 bridgehead atoms. The Morgan fingerprint density at radius 1 is 1.12 bits per heavy atom. The summed E-state index contributed by atoms with van der Waals surface area (Å²) in [6.07, 6.45) is 8.52. The van der Waals surface area contributed by atoms with E-state index in [0.29, 0.717) is 17.1 Å². The first-order valence-corrected chi connectivity index (χ1v) is 11.4. The molecule has 0 saturated heterocycles. The first kappa shape index (κ1) is 22.7. The van der Waals surface area contributed by atoms with Gasteiger partial charge in [0.1, 0.15) is 24.2 Å². The Morgan fingerprint density at radius 3 is 2.55 bits per heavy atom. The second-order valence-corrected chi connectivity index (χ2v) is 8.50. The molecule has 1 atom stereocenters. The van der Waals surface area contributed by atoms with Gasteiger partial charge in [0.25, 0.3) is 0 Å². The van der Waals surface area contributed by atoms with Crippen LogP contribution in [-0.2, 0) is 16.1 Å². The van der Waals surface area contributed by atoms with E-state index in [1.807, 2.05) is 37.3 Å². The van der Waals surface area contributed by atoms with Crippen molar-refractivity contribution in [1.29, 1.82) is 0 Å². The third kappa shape index (κ3) is 5.48. The second kappa shape index (κ2) is 10.4. The predicted octanol–water partition coefficient (Wildman–Crippen LogP) is 4.55. The van der Waals surface area contributed by atoms with E-state index in [0.717, 1.165) is 25.7 Å². The van der Waals surface area contributed by atoms with Crippen LogP contribution < -0.4 is 10.2 Å². The number of hydrogen-bond donors (Lipinski definition) is 1. The summed E-state index contributed by atoms with van der Waals surface area (Å²) >= 11 is 0. The molecule has 0 aliphatic heterocycles. The Balaban J connectivity index is 1.74. The van der Waals surface area contributed by atoms with Crippen molar-refractivity contribution in [2.24, 2.45) is 0 Å². The maximum atomic E-state index is 14.2. The summed E-state index contributed by atoms with van der Waals surface area (Å²) in [5, 5.41) is 3.16. The van der Waals surface area contributed by atoms with Gasteiger partial charge in [-0.1, -0.05) is 55.7 Å². The fourth-order valence-electron chi connectivity index (χ4n) is 4.44. The minimum atomic E-state index is -0.925. The third-order valence-electron chi connectivity index (χ3n) is 6.16. The number of nitrogens with one attached hydrogen (secondary N) is 1. The molecular formula is C26H29FN4O2. The molecule has 1 saturated carbocycles. The number of halogens is 1. The lowest BCUT2D eigenvalue weighted by molar-refractivity contribution is -0.127. The van der Waals surface area contributed by atoms with E-state index in [1.165, 1.54) is 23.5 Å². The largest absolute Gasteiger partial charge is 0.351 e. The van der Waals surface area contributed by atoms with Gasteiger partial charge in [-0.15, -0.1) is 0 Å². The molecule has 33 heavy (non-hydrogen) atoms. The van der Waals surface area contributed by atoms with Crippen molar-refractivity contribution in [3.05, 3.63) is 84.2 Å². The lowest BCUT2D eigenvalue weighted by Gasteiger charge is -2.33. The van der Waals surface area contributed by atoms with Crippen molar-refractivity contribution in [1.82, 2.24) is 14.9 Å². The zero-order valence-electron chi connectivity index (χ0n) is 18.8. The average Bonchev–Trinajstić information content (AvgIpc) is 3.22. The monoisotopic (exact) mass is 448 g/mol. The topological polar surface area (TPSA) is 67.2 Å². The third-order valence-corrected chi connectivity index (χ3v) is 6.16. The zero-order valence-corrected chi connectivity index (χ0v) is 18.8. The van der Waals surface area contributed by atoms with Crippen molar-refractivity contribution in [2.45, 2.75) is 57.7 Å². The number of carbonyl (C=O) groups is 2. The van der Waals surface area contributed by atoms with Crippen LogP contribution in [0, 0.1) is 12.7 Å². The lowest BCUT2D eigenvalue weighted by atomic mass is 9.94. The highest BCUT2D eigenvalue weighted by Gasteiger charge is 2.34. The highest BCUT2D eigenvalue weighted by Crippen LogP contribution is 2.30. The molecular weight excluding hydrogens is 419 g/mol. The zero-order chi connectivity index (χ0) is 23.2. The minimum absolute atomic E-state index is 0.0115. The SMILES string of the molecule is Cc1nccn1CC(=O)N(c1cccc(F)c1)[C@H](C(=O)NC1CCCCC1)c1ccccc1. The number of anilines is 1. The van der Waals surface area contributed by atoms with E-state index in [2.05, 4.69) is 10.3 Å². The van der Waals surface area contributed by atoms with Crippen LogP contribution >= 0.6 is 0 Å². The molecule has 172 valence electrons. The summed E-state index contributed by atoms with van der Waals surface area (Å²) in [5.74, 6) is -0.364. The van der Waals surface area contributed by atoms with Gasteiger partial charge in [-0.05, 0) is 43.5 Å². The molecule has 0 radical (unpaired) electrons. The number of aromatic nitrogens is 2. The van der Waals surface area contributed by atoms with Gasteiger partial charge >= 0.3 is 0 Å². The molecule has 6 nitrogen and oxygen atoms in total. The summed E-state index contributed by atoms with van der Waals surface area (Å²) in [5.41, 5.74) is 1.01. The maximum absolute atomic E-state index is 14.2. The number of benzene rings is 2. The average molecular weight is 449 g/mol.